The van der Waals surface area contributed by atoms with E-state index in [0.29, 0.717) is 24.3 Å². The summed E-state index contributed by atoms with van der Waals surface area (Å²) < 4.78 is 0. The van der Waals surface area contributed by atoms with E-state index in [9.17, 15) is 9.59 Å². The Morgan fingerprint density at radius 2 is 2.27 bits per heavy atom. The van der Waals surface area contributed by atoms with E-state index in [4.69, 9.17) is 11.6 Å². The molecule has 0 radical (unpaired) electrons. The quantitative estimate of drug-likeness (QED) is 0.602. The number of halogens is 1. The normalized spacial score (nSPS) is 14.1. The zero-order chi connectivity index (χ0) is 10.8. The van der Waals surface area contributed by atoms with Crippen LogP contribution in [0, 0.1) is 0 Å². The van der Waals surface area contributed by atoms with Crippen LogP contribution in [-0.2, 0) is 11.2 Å². The molecule has 0 aromatic heterocycles. The molecule has 1 aromatic carbocycles. The number of Topliss-reactive ketones (excluding diaryl/α,β-unsaturated/α-hetero) is 1. The number of hydrogen-bond donors (Lipinski definition) is 0. The third-order valence-electron chi connectivity index (χ3n) is 2.27. The van der Waals surface area contributed by atoms with E-state index < -0.39 is 0 Å². The highest BCUT2D eigenvalue weighted by Gasteiger charge is 2.20. The van der Waals surface area contributed by atoms with Crippen LogP contribution in [-0.4, -0.2) is 16.8 Å². The van der Waals surface area contributed by atoms with E-state index in [-0.39, 0.29) is 10.9 Å². The maximum absolute atomic E-state index is 11.5. The second-order valence-corrected chi connectivity index (χ2v) is 4.81. The first-order valence-electron chi connectivity index (χ1n) is 4.63. The number of alkyl halides is 1. The smallest absolute Gasteiger partial charge is 0.198 e. The molecule has 0 saturated carbocycles. The summed E-state index contributed by atoms with van der Waals surface area (Å²) in [6, 6.07) is 5.42. The zero-order valence-electron chi connectivity index (χ0n) is 7.96. The summed E-state index contributed by atoms with van der Waals surface area (Å²) in [6.45, 7) is 0. The van der Waals surface area contributed by atoms with Gasteiger partial charge in [-0.3, -0.25) is 9.59 Å². The highest BCUT2D eigenvalue weighted by Crippen LogP contribution is 2.33. The largest absolute Gasteiger partial charge is 0.294 e. The van der Waals surface area contributed by atoms with Crippen molar-refractivity contribution in [2.75, 3.05) is 5.88 Å². The second kappa shape index (κ2) is 4.37. The lowest BCUT2D eigenvalue weighted by molar-refractivity contribution is -0.110. The zero-order valence-corrected chi connectivity index (χ0v) is 9.53. The van der Waals surface area contributed by atoms with Crippen molar-refractivity contribution in [2.45, 2.75) is 17.7 Å². The minimum absolute atomic E-state index is 0.0350. The van der Waals surface area contributed by atoms with E-state index in [1.54, 1.807) is 12.1 Å². The van der Waals surface area contributed by atoms with E-state index in [0.717, 1.165) is 10.5 Å². The topological polar surface area (TPSA) is 34.1 Å². The maximum atomic E-state index is 11.5. The van der Waals surface area contributed by atoms with E-state index in [1.165, 1.54) is 11.8 Å². The summed E-state index contributed by atoms with van der Waals surface area (Å²) >= 11 is 6.72. The first kappa shape index (κ1) is 10.7. The lowest BCUT2D eigenvalue weighted by atomic mass is 10.1. The maximum Gasteiger partial charge on any atom is 0.198 e. The van der Waals surface area contributed by atoms with Gasteiger partial charge in [-0.15, -0.1) is 11.6 Å². The summed E-state index contributed by atoms with van der Waals surface area (Å²) in [5.74, 6) is 0.370. The molecule has 1 heterocycles. The predicted molar refractivity (Wildman–Crippen MR) is 60.7 cm³/mol. The number of carbonyl (C=O) groups is 2. The number of carbonyl (C=O) groups excluding carboxylic acids is 2. The molecule has 0 amide bonds. The lowest BCUT2D eigenvalue weighted by Crippen LogP contribution is -1.99. The molecule has 1 aliphatic heterocycles. The van der Waals surface area contributed by atoms with Crippen LogP contribution in [0.1, 0.15) is 22.3 Å². The van der Waals surface area contributed by atoms with Gasteiger partial charge >= 0.3 is 0 Å². The van der Waals surface area contributed by atoms with Crippen molar-refractivity contribution < 1.29 is 9.59 Å². The molecule has 0 atom stereocenters. The average Bonchev–Trinajstić information content (AvgIpc) is 2.57. The fourth-order valence-corrected chi connectivity index (χ4v) is 2.62. The number of hydrogen-bond acceptors (Lipinski definition) is 3. The first-order valence-corrected chi connectivity index (χ1v) is 5.98. The van der Waals surface area contributed by atoms with Crippen molar-refractivity contribution in [3.05, 3.63) is 29.3 Å². The van der Waals surface area contributed by atoms with Gasteiger partial charge in [0.05, 0.1) is 0 Å². The molecule has 0 unspecified atom stereocenters. The van der Waals surface area contributed by atoms with E-state index in [1.807, 2.05) is 6.07 Å². The van der Waals surface area contributed by atoms with Gasteiger partial charge in [-0.05, 0) is 11.6 Å². The molecule has 0 bridgehead atoms. The van der Waals surface area contributed by atoms with Crippen LogP contribution in [0.4, 0.5) is 0 Å². The molecule has 0 saturated heterocycles. The van der Waals surface area contributed by atoms with Crippen LogP contribution in [0.3, 0.4) is 0 Å². The third-order valence-corrected chi connectivity index (χ3v) is 3.43. The van der Waals surface area contributed by atoms with Gasteiger partial charge in [0.25, 0.3) is 0 Å². The van der Waals surface area contributed by atoms with Crippen LogP contribution in [0.15, 0.2) is 23.1 Å². The molecule has 4 heteroatoms. The molecule has 0 N–H and O–H groups in total. The van der Waals surface area contributed by atoms with E-state index in [2.05, 4.69) is 0 Å². The summed E-state index contributed by atoms with van der Waals surface area (Å²) in [4.78, 5) is 23.6. The molecule has 0 aliphatic carbocycles. The molecule has 0 fully saturated rings. The monoisotopic (exact) mass is 240 g/mol. The summed E-state index contributed by atoms with van der Waals surface area (Å²) in [5.41, 5.74) is 1.67. The predicted octanol–water partition coefficient (Wildman–Crippen LogP) is 2.67. The Balaban J connectivity index is 2.27. The highest BCUT2D eigenvalue weighted by molar-refractivity contribution is 8.14. The van der Waals surface area contributed by atoms with Gasteiger partial charge in [0.1, 0.15) is 0 Å². The molecule has 2 rings (SSSR count). The van der Waals surface area contributed by atoms with Crippen molar-refractivity contribution >= 4 is 34.3 Å². The fraction of sp³-hybridized carbons (Fsp3) is 0.273. The van der Waals surface area contributed by atoms with Crippen LogP contribution >= 0.6 is 23.4 Å². The summed E-state index contributed by atoms with van der Waals surface area (Å²) in [5, 5.41) is 0.145. The molecule has 0 spiro atoms. The number of ketones is 1. The lowest BCUT2D eigenvalue weighted by Gasteiger charge is -2.01. The van der Waals surface area contributed by atoms with E-state index >= 15 is 0 Å². The van der Waals surface area contributed by atoms with Gasteiger partial charge in [-0.2, -0.15) is 0 Å². The number of thioether (sulfide) groups is 1. The Kier molecular flexibility index (Phi) is 3.12. The van der Waals surface area contributed by atoms with Gasteiger partial charge in [0.2, 0.25) is 0 Å². The highest BCUT2D eigenvalue weighted by atomic mass is 35.5. The Labute approximate surface area is 97.0 Å². The third kappa shape index (κ3) is 2.24. The van der Waals surface area contributed by atoms with Gasteiger partial charge in [-0.1, -0.05) is 23.9 Å². The van der Waals surface area contributed by atoms with Crippen molar-refractivity contribution in [3.63, 3.8) is 0 Å². The van der Waals surface area contributed by atoms with Crippen molar-refractivity contribution in [2.24, 2.45) is 0 Å². The molecule has 2 nitrogen and oxygen atoms in total. The number of benzene rings is 1. The molecule has 15 heavy (non-hydrogen) atoms. The molecule has 1 aliphatic rings. The molecular weight excluding hydrogens is 232 g/mol. The van der Waals surface area contributed by atoms with Gasteiger partial charge < -0.3 is 0 Å². The molecule has 1 aromatic rings. The standard InChI is InChI=1S/C11H9ClO2S/c12-4-3-9(13)7-1-2-8-6-11(14)15-10(8)5-7/h1-2,5H,3-4,6H2. The van der Waals surface area contributed by atoms with Gasteiger partial charge in [-0.25, -0.2) is 0 Å². The van der Waals surface area contributed by atoms with Crippen molar-refractivity contribution in [3.8, 4) is 0 Å². The molecular formula is C11H9ClO2S. The van der Waals surface area contributed by atoms with Crippen LogP contribution in [0.2, 0.25) is 0 Å². The minimum atomic E-state index is 0.0350. The minimum Gasteiger partial charge on any atom is -0.294 e. The van der Waals surface area contributed by atoms with Crippen molar-refractivity contribution in [1.29, 1.82) is 0 Å². The summed E-state index contributed by atoms with van der Waals surface area (Å²) in [7, 11) is 0. The Morgan fingerprint density at radius 1 is 1.47 bits per heavy atom. The second-order valence-electron chi connectivity index (χ2n) is 3.34. The van der Waals surface area contributed by atoms with Crippen LogP contribution in [0.5, 0.6) is 0 Å². The van der Waals surface area contributed by atoms with Crippen LogP contribution in [0.25, 0.3) is 0 Å². The Morgan fingerprint density at radius 3 is 3.00 bits per heavy atom. The summed E-state index contributed by atoms with van der Waals surface area (Å²) in [6.07, 6.45) is 0.822. The Hall–Kier alpha value is -0.800. The first-order chi connectivity index (χ1) is 7.20. The number of rotatable bonds is 3. The number of fused-ring (bicyclic) bond motifs is 1. The van der Waals surface area contributed by atoms with Crippen molar-refractivity contribution in [1.82, 2.24) is 0 Å². The van der Waals surface area contributed by atoms with Crippen LogP contribution < -0.4 is 0 Å². The molecule has 78 valence electrons. The SMILES string of the molecule is O=C1Cc2ccc(C(=O)CCCl)cc2S1. The fourth-order valence-electron chi connectivity index (χ4n) is 1.51. The Bertz CT molecular complexity index is 429. The van der Waals surface area contributed by atoms with Gasteiger partial charge in [0, 0.05) is 29.2 Å². The van der Waals surface area contributed by atoms with Gasteiger partial charge in [0.15, 0.2) is 10.9 Å². The average molecular weight is 241 g/mol.